The van der Waals surface area contributed by atoms with Crippen LogP contribution in [0.4, 0.5) is 4.79 Å². The number of alkyl carbamates (subject to hydrolysis) is 1. The molecule has 2 aromatic rings. The Morgan fingerprint density at radius 1 is 1.36 bits per heavy atom. The normalized spacial score (nSPS) is 12.4. The number of benzene rings is 1. The van der Waals surface area contributed by atoms with Crippen molar-refractivity contribution in [1.82, 2.24) is 15.2 Å². The lowest BCUT2D eigenvalue weighted by molar-refractivity contribution is -0.0177. The number of rotatable bonds is 9. The first kappa shape index (κ1) is 19.1. The second kappa shape index (κ2) is 9.29. The summed E-state index contributed by atoms with van der Waals surface area (Å²) >= 11 is 0. The fourth-order valence-corrected chi connectivity index (χ4v) is 2.51. The van der Waals surface area contributed by atoms with Crippen molar-refractivity contribution < 1.29 is 19.0 Å². The van der Waals surface area contributed by atoms with Crippen molar-refractivity contribution in [1.29, 1.82) is 0 Å². The van der Waals surface area contributed by atoms with Crippen LogP contribution in [-0.2, 0) is 15.9 Å². The summed E-state index contributed by atoms with van der Waals surface area (Å²) in [7, 11) is 5.67. The van der Waals surface area contributed by atoms with E-state index in [-0.39, 0.29) is 0 Å². The highest BCUT2D eigenvalue weighted by atomic mass is 16.7. The number of hydrogen-bond donors (Lipinski definition) is 2. The van der Waals surface area contributed by atoms with E-state index < -0.39 is 12.4 Å². The second-order valence-electron chi connectivity index (χ2n) is 6.06. The molecule has 138 valence electrons. The standard InChI is InChI=1S/C18H27N3O4/c1-13(25-18(22)19-9-11-23-4)24-16-7-5-6-15-17(16)14(12-20-15)8-10-21(2)3/h5-7,12-13,20H,8-11H2,1-4H3,(H,19,22). The Kier molecular flexibility index (Phi) is 7.09. The predicted octanol–water partition coefficient (Wildman–Crippen LogP) is 2.37. The van der Waals surface area contributed by atoms with Crippen LogP contribution in [0.1, 0.15) is 12.5 Å². The van der Waals surface area contributed by atoms with Crippen molar-refractivity contribution in [3.63, 3.8) is 0 Å². The van der Waals surface area contributed by atoms with Crippen molar-refractivity contribution in [2.45, 2.75) is 19.6 Å². The molecule has 0 saturated carbocycles. The summed E-state index contributed by atoms with van der Waals surface area (Å²) in [6.07, 6.45) is 1.67. The van der Waals surface area contributed by atoms with Crippen molar-refractivity contribution in [2.24, 2.45) is 0 Å². The Balaban J connectivity index is 2.04. The quantitative estimate of drug-likeness (QED) is 0.537. The minimum Gasteiger partial charge on any atom is -0.454 e. The van der Waals surface area contributed by atoms with Crippen LogP contribution in [0.25, 0.3) is 10.9 Å². The zero-order valence-electron chi connectivity index (χ0n) is 15.3. The average molecular weight is 349 g/mol. The van der Waals surface area contributed by atoms with E-state index in [1.807, 2.05) is 38.5 Å². The molecule has 1 amide bonds. The Morgan fingerprint density at radius 3 is 2.88 bits per heavy atom. The lowest BCUT2D eigenvalue weighted by atomic mass is 10.1. The molecule has 1 atom stereocenters. The summed E-state index contributed by atoms with van der Waals surface area (Å²) in [4.78, 5) is 17.1. The van der Waals surface area contributed by atoms with Gasteiger partial charge >= 0.3 is 6.09 Å². The summed E-state index contributed by atoms with van der Waals surface area (Å²) in [6, 6.07) is 5.80. The number of likely N-dealkylation sites (N-methyl/N-ethyl adjacent to an activating group) is 1. The highest BCUT2D eigenvalue weighted by molar-refractivity contribution is 5.89. The molecule has 0 saturated heterocycles. The minimum absolute atomic E-state index is 0.393. The Labute approximate surface area is 148 Å². The van der Waals surface area contributed by atoms with E-state index in [0.717, 1.165) is 23.9 Å². The van der Waals surface area contributed by atoms with Gasteiger partial charge in [0, 0.05) is 44.2 Å². The van der Waals surface area contributed by atoms with Gasteiger partial charge < -0.3 is 29.4 Å². The van der Waals surface area contributed by atoms with E-state index in [0.29, 0.717) is 18.9 Å². The zero-order valence-corrected chi connectivity index (χ0v) is 15.3. The minimum atomic E-state index is -0.704. The first-order valence-corrected chi connectivity index (χ1v) is 8.35. The van der Waals surface area contributed by atoms with E-state index in [4.69, 9.17) is 14.2 Å². The third kappa shape index (κ3) is 5.65. The number of ether oxygens (including phenoxy) is 3. The Hall–Kier alpha value is -2.25. The fourth-order valence-electron chi connectivity index (χ4n) is 2.51. The number of hydrogen-bond acceptors (Lipinski definition) is 5. The number of fused-ring (bicyclic) bond motifs is 1. The van der Waals surface area contributed by atoms with Crippen LogP contribution < -0.4 is 10.1 Å². The molecule has 1 aromatic heterocycles. The van der Waals surface area contributed by atoms with Gasteiger partial charge in [0.25, 0.3) is 0 Å². The third-order valence-electron chi connectivity index (χ3n) is 3.72. The number of H-pyrrole nitrogens is 1. The van der Waals surface area contributed by atoms with Crippen molar-refractivity contribution in [2.75, 3.05) is 40.9 Å². The molecule has 25 heavy (non-hydrogen) atoms. The Bertz CT molecular complexity index is 684. The molecule has 2 rings (SSSR count). The molecule has 1 heterocycles. The lowest BCUT2D eigenvalue weighted by Gasteiger charge is -2.17. The average Bonchev–Trinajstić information content (AvgIpc) is 2.97. The number of methoxy groups -OCH3 is 1. The molecule has 7 nitrogen and oxygen atoms in total. The van der Waals surface area contributed by atoms with Gasteiger partial charge in [-0.05, 0) is 38.2 Å². The van der Waals surface area contributed by atoms with Gasteiger partial charge in [-0.25, -0.2) is 4.79 Å². The molecule has 7 heteroatoms. The summed E-state index contributed by atoms with van der Waals surface area (Å²) < 4.78 is 16.0. The summed E-state index contributed by atoms with van der Waals surface area (Å²) in [6.45, 7) is 3.46. The maximum Gasteiger partial charge on any atom is 0.410 e. The Morgan fingerprint density at radius 2 is 2.16 bits per heavy atom. The maximum atomic E-state index is 11.7. The van der Waals surface area contributed by atoms with E-state index >= 15 is 0 Å². The lowest BCUT2D eigenvalue weighted by Crippen LogP contribution is -2.32. The fraction of sp³-hybridized carbons (Fsp3) is 0.500. The van der Waals surface area contributed by atoms with E-state index in [1.165, 1.54) is 5.56 Å². The first-order valence-electron chi connectivity index (χ1n) is 8.35. The molecule has 0 aliphatic rings. The summed E-state index contributed by atoms with van der Waals surface area (Å²) in [5, 5.41) is 3.63. The number of carbonyl (C=O) groups is 1. The molecular weight excluding hydrogens is 322 g/mol. The number of nitrogens with one attached hydrogen (secondary N) is 2. The van der Waals surface area contributed by atoms with Crippen LogP contribution >= 0.6 is 0 Å². The third-order valence-corrected chi connectivity index (χ3v) is 3.72. The molecule has 0 bridgehead atoms. The zero-order chi connectivity index (χ0) is 18.2. The number of nitrogens with zero attached hydrogens (tertiary/aromatic N) is 1. The molecule has 2 N–H and O–H groups in total. The van der Waals surface area contributed by atoms with Gasteiger partial charge in [-0.3, -0.25) is 0 Å². The van der Waals surface area contributed by atoms with Crippen LogP contribution in [0.15, 0.2) is 24.4 Å². The van der Waals surface area contributed by atoms with E-state index in [9.17, 15) is 4.79 Å². The number of amides is 1. The largest absolute Gasteiger partial charge is 0.454 e. The monoisotopic (exact) mass is 349 g/mol. The summed E-state index contributed by atoms with van der Waals surface area (Å²) in [5.74, 6) is 0.699. The maximum absolute atomic E-state index is 11.7. The van der Waals surface area contributed by atoms with Crippen LogP contribution in [0.3, 0.4) is 0 Å². The van der Waals surface area contributed by atoms with Crippen molar-refractivity contribution >= 4 is 17.0 Å². The van der Waals surface area contributed by atoms with Crippen molar-refractivity contribution in [3.05, 3.63) is 30.0 Å². The summed E-state index contributed by atoms with van der Waals surface area (Å²) in [5.41, 5.74) is 2.18. The van der Waals surface area contributed by atoms with Gasteiger partial charge in [-0.1, -0.05) is 6.07 Å². The molecule has 0 radical (unpaired) electrons. The van der Waals surface area contributed by atoms with E-state index in [2.05, 4.69) is 15.2 Å². The van der Waals surface area contributed by atoms with Gasteiger partial charge in [0.05, 0.1) is 6.61 Å². The van der Waals surface area contributed by atoms with Gasteiger partial charge in [0.15, 0.2) is 0 Å². The van der Waals surface area contributed by atoms with Gasteiger partial charge in [0.2, 0.25) is 6.29 Å². The predicted molar refractivity (Wildman–Crippen MR) is 97.0 cm³/mol. The topological polar surface area (TPSA) is 75.8 Å². The smallest absolute Gasteiger partial charge is 0.410 e. The van der Waals surface area contributed by atoms with Crippen LogP contribution in [0, 0.1) is 0 Å². The van der Waals surface area contributed by atoms with Gasteiger partial charge in [0.1, 0.15) is 5.75 Å². The van der Waals surface area contributed by atoms with Crippen LogP contribution in [0.2, 0.25) is 0 Å². The van der Waals surface area contributed by atoms with Gasteiger partial charge in [-0.15, -0.1) is 0 Å². The van der Waals surface area contributed by atoms with E-state index in [1.54, 1.807) is 14.0 Å². The second-order valence-corrected chi connectivity index (χ2v) is 6.06. The molecule has 0 spiro atoms. The molecular formula is C18H27N3O4. The first-order chi connectivity index (χ1) is 12.0. The molecule has 0 fully saturated rings. The molecule has 0 aliphatic heterocycles. The van der Waals surface area contributed by atoms with Gasteiger partial charge in [-0.2, -0.15) is 0 Å². The highest BCUT2D eigenvalue weighted by Crippen LogP contribution is 2.30. The number of aromatic amines is 1. The van der Waals surface area contributed by atoms with Crippen molar-refractivity contribution in [3.8, 4) is 5.75 Å². The number of carbonyl (C=O) groups excluding carboxylic acids is 1. The molecule has 1 unspecified atom stereocenters. The SMILES string of the molecule is COCCNC(=O)OC(C)Oc1cccc2[nH]cc(CCN(C)C)c12. The van der Waals surface area contributed by atoms with Crippen LogP contribution in [0.5, 0.6) is 5.75 Å². The molecule has 0 aliphatic carbocycles. The van der Waals surface area contributed by atoms with Crippen LogP contribution in [-0.4, -0.2) is 63.2 Å². The molecule has 1 aromatic carbocycles. The highest BCUT2D eigenvalue weighted by Gasteiger charge is 2.15. The number of aromatic nitrogens is 1.